The first-order valence-electron chi connectivity index (χ1n) is 16.1. The Morgan fingerprint density at radius 2 is 1.17 bits per heavy atom. The number of nitrogens with one attached hydrogen (secondary N) is 1. The lowest BCUT2D eigenvalue weighted by atomic mass is 10.1. The largest absolute Gasteiger partial charge is 0.480 e. The summed E-state index contributed by atoms with van der Waals surface area (Å²) in [6.45, 7) is 3.89. The molecule has 236 valence electrons. The van der Waals surface area contributed by atoms with Crippen LogP contribution in [-0.4, -0.2) is 35.6 Å². The van der Waals surface area contributed by atoms with Gasteiger partial charge < -0.3 is 15.2 Å². The van der Waals surface area contributed by atoms with E-state index in [1.54, 1.807) is 0 Å². The predicted molar refractivity (Wildman–Crippen MR) is 175 cm³/mol. The van der Waals surface area contributed by atoms with Crippen LogP contribution in [0.25, 0.3) is 0 Å². The Bertz CT molecular complexity index is 866. The van der Waals surface area contributed by atoms with Gasteiger partial charge in [-0.05, 0) is 83.5 Å². The Balaban J connectivity index is 3.81. The van der Waals surface area contributed by atoms with Gasteiger partial charge in [0.15, 0.2) is 0 Å². The third-order valence-corrected chi connectivity index (χ3v) is 6.37. The van der Waals surface area contributed by atoms with Gasteiger partial charge in [-0.15, -0.1) is 0 Å². The second-order valence-corrected chi connectivity index (χ2v) is 10.3. The number of carbonyl (C=O) groups is 3. The van der Waals surface area contributed by atoms with Crippen LogP contribution in [0.5, 0.6) is 0 Å². The highest BCUT2D eigenvalue weighted by Gasteiger charge is 2.13. The van der Waals surface area contributed by atoms with Crippen LogP contribution in [0.4, 0.5) is 0 Å². The normalized spacial score (nSPS) is 13.0. The molecule has 0 aliphatic heterocycles. The standard InChI is InChI=1S/C36H57NO5/c1-3-5-6-7-8-9-10-11-12-13-14-15-16-17-18-19-20-21-22-23-27-31-36(41)42-33(28-4-2)29-25-24-26-30-34(38)37-32-35(39)40/h5-6,8-9,11-12,14-15,17-18,20-21,33H,3-4,7,10,13,16,19,22-32H2,1-2H3,(H,37,38)(H,39,40)/b6-5-,9-8-,12-11-,15-14-,18-17-,21-20-. The third kappa shape index (κ3) is 29.8. The number of rotatable bonds is 27. The molecule has 1 amide bonds. The van der Waals surface area contributed by atoms with Crippen molar-refractivity contribution >= 4 is 17.8 Å². The first-order chi connectivity index (χ1) is 20.5. The van der Waals surface area contributed by atoms with Gasteiger partial charge in [-0.25, -0.2) is 0 Å². The van der Waals surface area contributed by atoms with E-state index in [-0.39, 0.29) is 24.5 Å². The Kier molecular flexibility index (Phi) is 28.5. The van der Waals surface area contributed by atoms with E-state index < -0.39 is 5.97 Å². The molecule has 2 N–H and O–H groups in total. The van der Waals surface area contributed by atoms with Crippen molar-refractivity contribution in [1.82, 2.24) is 5.32 Å². The zero-order valence-corrected chi connectivity index (χ0v) is 26.3. The molecule has 0 aromatic heterocycles. The summed E-state index contributed by atoms with van der Waals surface area (Å²) >= 11 is 0. The zero-order valence-electron chi connectivity index (χ0n) is 26.3. The van der Waals surface area contributed by atoms with Crippen molar-refractivity contribution in [3.8, 4) is 0 Å². The fourth-order valence-corrected chi connectivity index (χ4v) is 4.10. The fourth-order valence-electron chi connectivity index (χ4n) is 4.10. The van der Waals surface area contributed by atoms with Gasteiger partial charge in [-0.2, -0.15) is 0 Å². The van der Waals surface area contributed by atoms with E-state index in [0.29, 0.717) is 19.3 Å². The molecule has 0 rings (SSSR count). The number of carboxylic acids is 1. The second kappa shape index (κ2) is 30.8. The third-order valence-electron chi connectivity index (χ3n) is 6.37. The smallest absolute Gasteiger partial charge is 0.322 e. The Morgan fingerprint density at radius 1 is 0.643 bits per heavy atom. The summed E-state index contributed by atoms with van der Waals surface area (Å²) in [7, 11) is 0. The average Bonchev–Trinajstić information content (AvgIpc) is 2.96. The summed E-state index contributed by atoms with van der Waals surface area (Å²) in [5, 5.41) is 10.9. The lowest BCUT2D eigenvalue weighted by molar-refractivity contribution is -0.150. The van der Waals surface area contributed by atoms with Crippen LogP contribution in [0.15, 0.2) is 72.9 Å². The molecule has 0 aromatic carbocycles. The molecule has 0 radical (unpaired) electrons. The number of allylic oxidation sites excluding steroid dienone is 12. The van der Waals surface area contributed by atoms with E-state index in [4.69, 9.17) is 9.84 Å². The highest BCUT2D eigenvalue weighted by atomic mass is 16.5. The van der Waals surface area contributed by atoms with Crippen LogP contribution in [0.1, 0.15) is 123 Å². The summed E-state index contributed by atoms with van der Waals surface area (Å²) in [5.41, 5.74) is 0. The maximum absolute atomic E-state index is 12.3. The minimum absolute atomic E-state index is 0.0632. The monoisotopic (exact) mass is 583 g/mol. The van der Waals surface area contributed by atoms with Gasteiger partial charge in [-0.3, -0.25) is 14.4 Å². The van der Waals surface area contributed by atoms with Crippen LogP contribution < -0.4 is 5.32 Å². The number of esters is 1. The minimum Gasteiger partial charge on any atom is -0.480 e. The van der Waals surface area contributed by atoms with Crippen LogP contribution in [0.3, 0.4) is 0 Å². The molecule has 0 saturated heterocycles. The number of carboxylic acid groups (broad SMARTS) is 1. The summed E-state index contributed by atoms with van der Waals surface area (Å²) in [4.78, 5) is 34.3. The highest BCUT2D eigenvalue weighted by molar-refractivity contribution is 5.80. The molecule has 0 aliphatic carbocycles. The van der Waals surface area contributed by atoms with E-state index in [9.17, 15) is 14.4 Å². The van der Waals surface area contributed by atoms with Crippen molar-refractivity contribution in [2.75, 3.05) is 6.54 Å². The van der Waals surface area contributed by atoms with Gasteiger partial charge in [0.25, 0.3) is 0 Å². The number of hydrogen-bond donors (Lipinski definition) is 2. The van der Waals surface area contributed by atoms with E-state index >= 15 is 0 Å². The van der Waals surface area contributed by atoms with Crippen LogP contribution in [0.2, 0.25) is 0 Å². The lowest BCUT2D eigenvalue weighted by Crippen LogP contribution is -2.28. The number of carbonyl (C=O) groups excluding carboxylic acids is 2. The molecule has 0 fully saturated rings. The van der Waals surface area contributed by atoms with Crippen LogP contribution >= 0.6 is 0 Å². The number of aliphatic carboxylic acids is 1. The molecule has 1 atom stereocenters. The van der Waals surface area contributed by atoms with Gasteiger partial charge in [0.1, 0.15) is 12.6 Å². The summed E-state index contributed by atoms with van der Waals surface area (Å²) in [6.07, 6.45) is 40.9. The molecular formula is C36H57NO5. The predicted octanol–water partition coefficient (Wildman–Crippen LogP) is 9.11. The molecule has 0 bridgehead atoms. The number of hydrogen-bond acceptors (Lipinski definition) is 4. The second-order valence-electron chi connectivity index (χ2n) is 10.3. The summed E-state index contributed by atoms with van der Waals surface area (Å²) in [5.74, 6) is -1.40. The quantitative estimate of drug-likeness (QED) is 0.0571. The van der Waals surface area contributed by atoms with E-state index in [2.05, 4.69) is 92.1 Å². The highest BCUT2D eigenvalue weighted by Crippen LogP contribution is 2.15. The van der Waals surface area contributed by atoms with Crippen LogP contribution in [0, 0.1) is 0 Å². The van der Waals surface area contributed by atoms with Crippen LogP contribution in [-0.2, 0) is 19.1 Å². The van der Waals surface area contributed by atoms with Crippen molar-refractivity contribution in [2.24, 2.45) is 0 Å². The number of amides is 1. The Hall–Kier alpha value is -3.15. The molecule has 0 aromatic rings. The van der Waals surface area contributed by atoms with Gasteiger partial charge in [0.05, 0.1) is 0 Å². The fraction of sp³-hybridized carbons (Fsp3) is 0.583. The van der Waals surface area contributed by atoms with Crippen molar-refractivity contribution in [1.29, 1.82) is 0 Å². The Labute approximate surface area is 255 Å². The maximum atomic E-state index is 12.3. The van der Waals surface area contributed by atoms with Gasteiger partial charge in [0.2, 0.25) is 5.91 Å². The Morgan fingerprint density at radius 3 is 1.69 bits per heavy atom. The van der Waals surface area contributed by atoms with Crippen molar-refractivity contribution in [2.45, 2.75) is 129 Å². The molecular weight excluding hydrogens is 526 g/mol. The summed E-state index contributed by atoms with van der Waals surface area (Å²) in [6, 6.07) is 0. The first-order valence-corrected chi connectivity index (χ1v) is 16.1. The molecule has 0 spiro atoms. The number of ether oxygens (including phenoxy) is 1. The molecule has 6 heteroatoms. The minimum atomic E-state index is -1.04. The SMILES string of the molecule is CC/C=C\C/C=C\C/C=C\C/C=C\C/C=C\C/C=C\CCCCC(=O)OC(CCC)CCCCCC(=O)NCC(=O)O. The van der Waals surface area contributed by atoms with Crippen molar-refractivity contribution < 1.29 is 24.2 Å². The topological polar surface area (TPSA) is 92.7 Å². The van der Waals surface area contributed by atoms with Crippen molar-refractivity contribution in [3.05, 3.63) is 72.9 Å². The van der Waals surface area contributed by atoms with Gasteiger partial charge >= 0.3 is 11.9 Å². The van der Waals surface area contributed by atoms with Gasteiger partial charge in [-0.1, -0.05) is 99.6 Å². The molecule has 0 aliphatic rings. The van der Waals surface area contributed by atoms with Gasteiger partial charge in [0, 0.05) is 12.8 Å². The van der Waals surface area contributed by atoms with E-state index in [0.717, 1.165) is 89.9 Å². The molecule has 1 unspecified atom stereocenters. The average molecular weight is 584 g/mol. The lowest BCUT2D eigenvalue weighted by Gasteiger charge is -2.17. The van der Waals surface area contributed by atoms with Crippen molar-refractivity contribution in [3.63, 3.8) is 0 Å². The zero-order chi connectivity index (χ0) is 30.9. The molecule has 6 nitrogen and oxygen atoms in total. The van der Waals surface area contributed by atoms with E-state index in [1.165, 1.54) is 0 Å². The number of unbranched alkanes of at least 4 members (excludes halogenated alkanes) is 4. The van der Waals surface area contributed by atoms with E-state index in [1.807, 2.05) is 0 Å². The molecule has 0 saturated carbocycles. The molecule has 0 heterocycles. The first kappa shape index (κ1) is 38.9. The maximum Gasteiger partial charge on any atom is 0.322 e. The molecule has 42 heavy (non-hydrogen) atoms. The summed E-state index contributed by atoms with van der Waals surface area (Å²) < 4.78 is 5.70.